The van der Waals surface area contributed by atoms with Gasteiger partial charge in [-0.1, -0.05) is 30.3 Å². The average Bonchev–Trinajstić information content (AvgIpc) is 2.74. The second-order valence-electron chi connectivity index (χ2n) is 6.15. The molecule has 0 aliphatic heterocycles. The lowest BCUT2D eigenvalue weighted by atomic mass is 10.1. The van der Waals surface area contributed by atoms with E-state index < -0.39 is 0 Å². The fourth-order valence-electron chi connectivity index (χ4n) is 2.72. The number of benzene rings is 2. The third-order valence-electron chi connectivity index (χ3n) is 4.36. The van der Waals surface area contributed by atoms with Crippen molar-refractivity contribution in [3.05, 3.63) is 84.1 Å². The van der Waals surface area contributed by atoms with E-state index in [0.717, 1.165) is 29.2 Å². The quantitative estimate of drug-likeness (QED) is 0.695. The highest BCUT2D eigenvalue weighted by Crippen LogP contribution is 2.20. The van der Waals surface area contributed by atoms with E-state index in [4.69, 9.17) is 4.74 Å². The number of nitrogens with zero attached hydrogens (tertiary/aromatic N) is 2. The van der Waals surface area contributed by atoms with E-state index in [0.29, 0.717) is 12.1 Å². The Morgan fingerprint density at radius 3 is 2.41 bits per heavy atom. The Bertz CT molecular complexity index is 862. The van der Waals surface area contributed by atoms with Crippen LogP contribution in [0.1, 0.15) is 15.9 Å². The first-order chi connectivity index (χ1) is 13.2. The molecule has 0 spiro atoms. The largest absolute Gasteiger partial charge is 0.497 e. The summed E-state index contributed by atoms with van der Waals surface area (Å²) in [5.41, 5.74) is 2.74. The van der Waals surface area contributed by atoms with Crippen molar-refractivity contribution in [2.45, 2.75) is 6.42 Å². The van der Waals surface area contributed by atoms with E-state index in [1.165, 1.54) is 0 Å². The predicted octanol–water partition coefficient (Wildman–Crippen LogP) is 3.83. The third-order valence-corrected chi connectivity index (χ3v) is 4.36. The Balaban J connectivity index is 1.54. The molecule has 0 atom stereocenters. The summed E-state index contributed by atoms with van der Waals surface area (Å²) in [6, 6.07) is 21.5. The van der Waals surface area contributed by atoms with Gasteiger partial charge in [0, 0.05) is 25.5 Å². The molecule has 0 saturated carbocycles. The van der Waals surface area contributed by atoms with Crippen LogP contribution in [0.4, 0.5) is 11.5 Å². The van der Waals surface area contributed by atoms with Crippen molar-refractivity contribution in [1.29, 1.82) is 0 Å². The number of ether oxygens (including phenoxy) is 1. The molecule has 2 aromatic carbocycles. The Labute approximate surface area is 159 Å². The normalized spacial score (nSPS) is 10.3. The van der Waals surface area contributed by atoms with Crippen molar-refractivity contribution in [2.24, 2.45) is 0 Å². The topological polar surface area (TPSA) is 54.5 Å². The summed E-state index contributed by atoms with van der Waals surface area (Å²) in [7, 11) is 3.60. The third kappa shape index (κ3) is 4.85. The zero-order valence-electron chi connectivity index (χ0n) is 15.6. The van der Waals surface area contributed by atoms with Gasteiger partial charge in [0.05, 0.1) is 12.7 Å². The summed E-state index contributed by atoms with van der Waals surface area (Å²) >= 11 is 0. The van der Waals surface area contributed by atoms with E-state index in [1.54, 1.807) is 19.4 Å². The van der Waals surface area contributed by atoms with Crippen LogP contribution in [0.2, 0.25) is 0 Å². The Hall–Kier alpha value is -3.34. The number of aromatic nitrogens is 1. The zero-order valence-corrected chi connectivity index (χ0v) is 15.6. The van der Waals surface area contributed by atoms with Crippen molar-refractivity contribution in [3.63, 3.8) is 0 Å². The minimum atomic E-state index is -0.120. The fourth-order valence-corrected chi connectivity index (χ4v) is 2.72. The van der Waals surface area contributed by atoms with Crippen molar-refractivity contribution in [1.82, 2.24) is 10.3 Å². The van der Waals surface area contributed by atoms with Crippen LogP contribution in [-0.2, 0) is 6.42 Å². The maximum absolute atomic E-state index is 12.3. The lowest BCUT2D eigenvalue weighted by Crippen LogP contribution is -2.26. The van der Waals surface area contributed by atoms with Gasteiger partial charge < -0.3 is 15.0 Å². The molecule has 0 aliphatic rings. The molecule has 1 N–H and O–H groups in total. The number of methoxy groups -OCH3 is 1. The van der Waals surface area contributed by atoms with Gasteiger partial charge in [-0.3, -0.25) is 4.79 Å². The predicted molar refractivity (Wildman–Crippen MR) is 108 cm³/mol. The van der Waals surface area contributed by atoms with Crippen molar-refractivity contribution < 1.29 is 9.53 Å². The summed E-state index contributed by atoms with van der Waals surface area (Å²) in [6.45, 7) is 0.566. The van der Waals surface area contributed by atoms with Gasteiger partial charge in [-0.25, -0.2) is 4.98 Å². The number of nitrogens with one attached hydrogen (secondary N) is 1. The second kappa shape index (κ2) is 8.85. The molecule has 27 heavy (non-hydrogen) atoms. The van der Waals surface area contributed by atoms with Gasteiger partial charge in [0.1, 0.15) is 11.6 Å². The number of carbonyl (C=O) groups excluding carboxylic acids is 1. The first kappa shape index (κ1) is 18.5. The number of anilines is 2. The van der Waals surface area contributed by atoms with Crippen LogP contribution in [0.3, 0.4) is 0 Å². The van der Waals surface area contributed by atoms with Gasteiger partial charge >= 0.3 is 0 Å². The minimum absolute atomic E-state index is 0.120. The van der Waals surface area contributed by atoms with Crippen molar-refractivity contribution in [2.75, 3.05) is 25.6 Å². The van der Waals surface area contributed by atoms with Gasteiger partial charge in [-0.2, -0.15) is 0 Å². The minimum Gasteiger partial charge on any atom is -0.497 e. The van der Waals surface area contributed by atoms with Crippen molar-refractivity contribution in [3.8, 4) is 5.75 Å². The average molecular weight is 361 g/mol. The van der Waals surface area contributed by atoms with Crippen LogP contribution in [0.15, 0.2) is 72.9 Å². The summed E-state index contributed by atoms with van der Waals surface area (Å²) < 4.78 is 5.14. The van der Waals surface area contributed by atoms with Crippen LogP contribution in [0, 0.1) is 0 Å². The SMILES string of the molecule is COc1ccc(CCNC(=O)c2ccc(N(C)c3ccccc3)nc2)cc1. The van der Waals surface area contributed by atoms with Gasteiger partial charge in [-0.15, -0.1) is 0 Å². The van der Waals surface area contributed by atoms with Crippen LogP contribution in [0.5, 0.6) is 5.75 Å². The molecule has 3 aromatic rings. The van der Waals surface area contributed by atoms with E-state index in [1.807, 2.05) is 72.6 Å². The maximum Gasteiger partial charge on any atom is 0.252 e. The molecular weight excluding hydrogens is 338 g/mol. The molecule has 3 rings (SSSR count). The fraction of sp³-hybridized carbons (Fsp3) is 0.182. The first-order valence-corrected chi connectivity index (χ1v) is 8.83. The van der Waals surface area contributed by atoms with E-state index in [2.05, 4.69) is 10.3 Å². The molecular formula is C22H23N3O2. The summed E-state index contributed by atoms with van der Waals surface area (Å²) in [5.74, 6) is 1.50. The lowest BCUT2D eigenvalue weighted by Gasteiger charge is -2.18. The summed E-state index contributed by atoms with van der Waals surface area (Å²) in [6.07, 6.45) is 2.37. The molecule has 0 aliphatic carbocycles. The number of amides is 1. The first-order valence-electron chi connectivity index (χ1n) is 8.83. The highest BCUT2D eigenvalue weighted by atomic mass is 16.5. The van der Waals surface area contributed by atoms with Crippen LogP contribution >= 0.6 is 0 Å². The van der Waals surface area contributed by atoms with Crippen LogP contribution < -0.4 is 15.0 Å². The Kier molecular flexibility index (Phi) is 6.05. The number of para-hydroxylation sites is 1. The maximum atomic E-state index is 12.3. The highest BCUT2D eigenvalue weighted by Gasteiger charge is 2.09. The number of hydrogen-bond acceptors (Lipinski definition) is 4. The lowest BCUT2D eigenvalue weighted by molar-refractivity contribution is 0.0954. The van der Waals surface area contributed by atoms with Gasteiger partial charge in [0.25, 0.3) is 5.91 Å². The molecule has 1 aromatic heterocycles. The zero-order chi connectivity index (χ0) is 19.1. The van der Waals surface area contributed by atoms with Crippen LogP contribution in [0.25, 0.3) is 0 Å². The van der Waals surface area contributed by atoms with Gasteiger partial charge in [-0.05, 0) is 48.4 Å². The Morgan fingerprint density at radius 2 is 1.78 bits per heavy atom. The summed E-state index contributed by atoms with van der Waals surface area (Å²) in [5, 5.41) is 2.93. The monoisotopic (exact) mass is 361 g/mol. The van der Waals surface area contributed by atoms with E-state index in [-0.39, 0.29) is 5.91 Å². The number of pyridine rings is 1. The highest BCUT2D eigenvalue weighted by molar-refractivity contribution is 5.94. The molecule has 5 nitrogen and oxygen atoms in total. The Morgan fingerprint density at radius 1 is 1.04 bits per heavy atom. The standard InChI is InChI=1S/C22H23N3O2/c1-25(19-6-4-3-5-7-19)21-13-10-18(16-24-21)22(26)23-15-14-17-8-11-20(27-2)12-9-17/h3-13,16H,14-15H2,1-2H3,(H,23,26). The molecule has 0 radical (unpaired) electrons. The van der Waals surface area contributed by atoms with Gasteiger partial charge in [0.2, 0.25) is 0 Å². The number of carbonyl (C=O) groups is 1. The van der Waals surface area contributed by atoms with E-state index in [9.17, 15) is 4.79 Å². The molecule has 5 heteroatoms. The van der Waals surface area contributed by atoms with Crippen molar-refractivity contribution >= 4 is 17.4 Å². The summed E-state index contributed by atoms with van der Waals surface area (Å²) in [4.78, 5) is 18.7. The van der Waals surface area contributed by atoms with E-state index >= 15 is 0 Å². The van der Waals surface area contributed by atoms with Crippen LogP contribution in [-0.4, -0.2) is 31.6 Å². The number of hydrogen-bond donors (Lipinski definition) is 1. The molecule has 0 saturated heterocycles. The van der Waals surface area contributed by atoms with Gasteiger partial charge in [0.15, 0.2) is 0 Å². The smallest absolute Gasteiger partial charge is 0.252 e. The molecule has 1 amide bonds. The number of rotatable bonds is 7. The molecule has 0 fully saturated rings. The molecule has 0 unspecified atom stereocenters. The molecule has 1 heterocycles. The molecule has 0 bridgehead atoms. The molecule has 138 valence electrons. The second-order valence-corrected chi connectivity index (χ2v) is 6.15.